The predicted molar refractivity (Wildman–Crippen MR) is 108 cm³/mol. The lowest BCUT2D eigenvalue weighted by molar-refractivity contribution is 0.635. The molecule has 4 aromatic rings. The predicted octanol–water partition coefficient (Wildman–Crippen LogP) is 4.90. The van der Waals surface area contributed by atoms with E-state index in [2.05, 4.69) is 10.2 Å². The minimum absolute atomic E-state index is 0.251. The molecule has 2 heterocycles. The third-order valence-electron chi connectivity index (χ3n) is 4.24. The fourth-order valence-corrected chi connectivity index (χ4v) is 3.45. The number of nitrogens with zero attached hydrogens (tertiary/aromatic N) is 4. The van der Waals surface area contributed by atoms with Crippen LogP contribution >= 0.6 is 34.8 Å². The van der Waals surface area contributed by atoms with Gasteiger partial charge in [-0.2, -0.15) is 10.2 Å². The number of hydrogen-bond donors (Lipinski definition) is 0. The van der Waals surface area contributed by atoms with Crippen molar-refractivity contribution in [1.29, 1.82) is 0 Å². The molecule has 2 aromatic carbocycles. The Morgan fingerprint density at radius 2 is 1.85 bits per heavy atom. The van der Waals surface area contributed by atoms with Gasteiger partial charge in [-0.15, -0.1) is 0 Å². The lowest BCUT2D eigenvalue weighted by Crippen LogP contribution is -2.26. The molecule has 0 bridgehead atoms. The number of halogens is 3. The summed E-state index contributed by atoms with van der Waals surface area (Å²) >= 11 is 18.1. The molecule has 136 valence electrons. The van der Waals surface area contributed by atoms with E-state index >= 15 is 0 Å². The highest BCUT2D eigenvalue weighted by Gasteiger charge is 2.15. The molecule has 0 saturated heterocycles. The van der Waals surface area contributed by atoms with E-state index < -0.39 is 0 Å². The van der Waals surface area contributed by atoms with Crippen LogP contribution in [-0.4, -0.2) is 19.6 Å². The van der Waals surface area contributed by atoms with Gasteiger partial charge in [0.2, 0.25) is 0 Å². The Balaban J connectivity index is 1.88. The first-order valence-corrected chi connectivity index (χ1v) is 9.23. The Morgan fingerprint density at radius 1 is 1.04 bits per heavy atom. The normalized spacial score (nSPS) is 11.3. The van der Waals surface area contributed by atoms with Crippen LogP contribution in [0.4, 0.5) is 0 Å². The van der Waals surface area contributed by atoms with Crippen molar-refractivity contribution in [3.05, 3.63) is 85.3 Å². The Bertz CT molecular complexity index is 1230. The van der Waals surface area contributed by atoms with E-state index in [1.807, 2.05) is 25.1 Å². The Hall–Kier alpha value is -2.34. The SMILES string of the molecule is Cc1nn(Cc2ccc(Cl)c(Cl)c2)c(=O)c2c1cnn2-c1cccc(Cl)c1. The average Bonchev–Trinajstić information content (AvgIpc) is 3.08. The number of aryl methyl sites for hydroxylation is 1. The van der Waals surface area contributed by atoms with Crippen molar-refractivity contribution < 1.29 is 0 Å². The molecule has 27 heavy (non-hydrogen) atoms. The maximum atomic E-state index is 13.1. The van der Waals surface area contributed by atoms with Crippen molar-refractivity contribution in [2.24, 2.45) is 0 Å². The summed E-state index contributed by atoms with van der Waals surface area (Å²) in [7, 11) is 0. The van der Waals surface area contributed by atoms with Gasteiger partial charge in [0.05, 0.1) is 34.2 Å². The van der Waals surface area contributed by atoms with E-state index in [4.69, 9.17) is 34.8 Å². The summed E-state index contributed by atoms with van der Waals surface area (Å²) in [6.45, 7) is 2.12. The van der Waals surface area contributed by atoms with Crippen molar-refractivity contribution in [2.45, 2.75) is 13.5 Å². The number of hydrogen-bond acceptors (Lipinski definition) is 3. The van der Waals surface area contributed by atoms with Gasteiger partial charge in [-0.1, -0.05) is 46.9 Å². The zero-order valence-corrected chi connectivity index (χ0v) is 16.4. The van der Waals surface area contributed by atoms with Crippen molar-refractivity contribution in [2.75, 3.05) is 0 Å². The molecular weight excluding hydrogens is 407 g/mol. The van der Waals surface area contributed by atoms with Gasteiger partial charge in [0, 0.05) is 10.4 Å². The van der Waals surface area contributed by atoms with E-state index in [-0.39, 0.29) is 12.1 Å². The molecule has 0 amide bonds. The molecule has 8 heteroatoms. The first kappa shape index (κ1) is 18.0. The van der Waals surface area contributed by atoms with Crippen LogP contribution in [0.25, 0.3) is 16.6 Å². The van der Waals surface area contributed by atoms with E-state index in [0.717, 1.165) is 5.56 Å². The van der Waals surface area contributed by atoms with Gasteiger partial charge in [-0.25, -0.2) is 9.36 Å². The summed E-state index contributed by atoms with van der Waals surface area (Å²) in [6, 6.07) is 12.4. The maximum Gasteiger partial charge on any atom is 0.293 e. The van der Waals surface area contributed by atoms with Gasteiger partial charge in [0.15, 0.2) is 0 Å². The number of rotatable bonds is 3. The molecule has 2 aromatic heterocycles. The molecule has 0 spiro atoms. The first-order chi connectivity index (χ1) is 12.9. The standard InChI is InChI=1S/C19H13Cl3N4O/c1-11-15-9-23-26(14-4-2-3-13(20)8-14)18(15)19(27)25(24-11)10-12-5-6-16(21)17(22)7-12/h2-9H,10H2,1H3. The molecule has 0 aliphatic rings. The van der Waals surface area contributed by atoms with E-state index in [0.29, 0.717) is 37.4 Å². The fourth-order valence-electron chi connectivity index (χ4n) is 2.94. The molecule has 0 unspecified atom stereocenters. The van der Waals surface area contributed by atoms with Gasteiger partial charge < -0.3 is 0 Å². The highest BCUT2D eigenvalue weighted by molar-refractivity contribution is 6.42. The monoisotopic (exact) mass is 418 g/mol. The topological polar surface area (TPSA) is 52.7 Å². The summed E-state index contributed by atoms with van der Waals surface area (Å²) in [4.78, 5) is 13.1. The summed E-state index contributed by atoms with van der Waals surface area (Å²) < 4.78 is 2.99. The molecule has 0 aliphatic heterocycles. The Morgan fingerprint density at radius 3 is 2.59 bits per heavy atom. The van der Waals surface area contributed by atoms with Crippen LogP contribution < -0.4 is 5.56 Å². The molecule has 0 atom stereocenters. The van der Waals surface area contributed by atoms with Gasteiger partial charge in [0.1, 0.15) is 5.52 Å². The second kappa shape index (κ2) is 7.00. The number of benzene rings is 2. The van der Waals surface area contributed by atoms with Crippen LogP contribution in [0, 0.1) is 6.92 Å². The highest BCUT2D eigenvalue weighted by Crippen LogP contribution is 2.23. The molecule has 0 saturated carbocycles. The second-order valence-corrected chi connectivity index (χ2v) is 7.35. The summed E-state index contributed by atoms with van der Waals surface area (Å²) in [6.07, 6.45) is 1.64. The van der Waals surface area contributed by atoms with Crippen LogP contribution in [0.5, 0.6) is 0 Å². The van der Waals surface area contributed by atoms with Crippen molar-refractivity contribution in [3.63, 3.8) is 0 Å². The van der Waals surface area contributed by atoms with Crippen molar-refractivity contribution >= 4 is 45.7 Å². The minimum atomic E-state index is -0.251. The van der Waals surface area contributed by atoms with Crippen LogP contribution in [-0.2, 0) is 6.54 Å². The van der Waals surface area contributed by atoms with Crippen molar-refractivity contribution in [1.82, 2.24) is 19.6 Å². The summed E-state index contributed by atoms with van der Waals surface area (Å²) in [5.41, 5.74) is 2.44. The zero-order chi connectivity index (χ0) is 19.1. The van der Waals surface area contributed by atoms with Gasteiger partial charge >= 0.3 is 0 Å². The quantitative estimate of drug-likeness (QED) is 0.474. The lowest BCUT2D eigenvalue weighted by Gasteiger charge is -2.09. The molecular formula is C19H13Cl3N4O. The molecule has 0 aliphatic carbocycles. The maximum absolute atomic E-state index is 13.1. The smallest absolute Gasteiger partial charge is 0.265 e. The second-order valence-electron chi connectivity index (χ2n) is 6.10. The van der Waals surface area contributed by atoms with Gasteiger partial charge in [-0.3, -0.25) is 4.79 Å². The van der Waals surface area contributed by atoms with Crippen LogP contribution in [0.15, 0.2) is 53.5 Å². The number of aromatic nitrogens is 4. The van der Waals surface area contributed by atoms with Gasteiger partial charge in [0.25, 0.3) is 5.56 Å². The largest absolute Gasteiger partial charge is 0.293 e. The van der Waals surface area contributed by atoms with Gasteiger partial charge in [-0.05, 0) is 42.8 Å². The number of fused-ring (bicyclic) bond motifs is 1. The summed E-state index contributed by atoms with van der Waals surface area (Å²) in [5.74, 6) is 0. The van der Waals surface area contributed by atoms with Crippen LogP contribution in [0.2, 0.25) is 15.1 Å². The third-order valence-corrected chi connectivity index (χ3v) is 5.21. The average molecular weight is 420 g/mol. The lowest BCUT2D eigenvalue weighted by atomic mass is 10.2. The van der Waals surface area contributed by atoms with E-state index in [1.54, 1.807) is 35.1 Å². The molecule has 0 N–H and O–H groups in total. The zero-order valence-electron chi connectivity index (χ0n) is 14.2. The molecule has 0 radical (unpaired) electrons. The molecule has 5 nitrogen and oxygen atoms in total. The van der Waals surface area contributed by atoms with Crippen molar-refractivity contribution in [3.8, 4) is 5.69 Å². The third kappa shape index (κ3) is 3.34. The van der Waals surface area contributed by atoms with Crippen LogP contribution in [0.3, 0.4) is 0 Å². The first-order valence-electron chi connectivity index (χ1n) is 8.09. The highest BCUT2D eigenvalue weighted by atomic mass is 35.5. The summed E-state index contributed by atoms with van der Waals surface area (Å²) in [5, 5.41) is 11.0. The fraction of sp³-hybridized carbons (Fsp3) is 0.105. The van der Waals surface area contributed by atoms with E-state index in [9.17, 15) is 4.79 Å². The molecule has 4 rings (SSSR count). The Labute approximate surface area is 169 Å². The van der Waals surface area contributed by atoms with Crippen LogP contribution in [0.1, 0.15) is 11.3 Å². The van der Waals surface area contributed by atoms with E-state index in [1.165, 1.54) is 4.68 Å². The minimum Gasteiger partial charge on any atom is -0.265 e. The Kier molecular flexibility index (Phi) is 4.68. The molecule has 0 fully saturated rings.